The number of nitrogens with zero attached hydrogens (tertiary/aromatic N) is 2. The van der Waals surface area contributed by atoms with Crippen molar-refractivity contribution in [1.29, 1.82) is 0 Å². The minimum absolute atomic E-state index is 0.566. The molecule has 11 aromatic carbocycles. The Kier molecular flexibility index (Phi) is 8.50. The van der Waals surface area contributed by atoms with Crippen LogP contribution >= 0.6 is 0 Å². The molecular formula is C65H42N2O. The van der Waals surface area contributed by atoms with Crippen molar-refractivity contribution >= 4 is 71.6 Å². The molecule has 318 valence electrons. The van der Waals surface area contributed by atoms with Crippen LogP contribution in [0.1, 0.15) is 22.3 Å². The van der Waals surface area contributed by atoms with Gasteiger partial charge >= 0.3 is 0 Å². The fraction of sp³-hybridized carbons (Fsp3) is 0.0154. The number of aromatic nitrogens is 1. The molecule has 0 amide bonds. The predicted molar refractivity (Wildman–Crippen MR) is 283 cm³/mol. The molecule has 2 heterocycles. The highest BCUT2D eigenvalue weighted by Crippen LogP contribution is 2.57. The average molecular weight is 867 g/mol. The topological polar surface area (TPSA) is 21.3 Å². The standard InChI is InChI=1S/C65H42N2O/c1-3-21-45(22-4-1)65(46-23-5-2-6-24-46)58-33-13-9-27-50(58)51-38-37-49(42-59(51)65)66(47-25-17-26-48(41-47)67-61-35-15-10-28-52(61)53-29-11-16-36-62(53)67)60-34-14-12-30-54(60)55-31-18-32-56-57-39-43-19-7-8-20-44(43)40-63(57)68-64(55)56/h1-42H. The number of benzene rings is 11. The zero-order chi connectivity index (χ0) is 44.8. The molecule has 68 heavy (non-hydrogen) atoms. The molecule has 0 aliphatic heterocycles. The van der Waals surface area contributed by atoms with E-state index < -0.39 is 5.41 Å². The third-order valence-electron chi connectivity index (χ3n) is 14.4. The molecule has 1 aliphatic rings. The van der Waals surface area contributed by atoms with Crippen LogP contribution in [0.25, 0.3) is 82.5 Å². The molecule has 0 N–H and O–H groups in total. The first-order chi connectivity index (χ1) is 33.7. The molecule has 0 unspecified atom stereocenters. The lowest BCUT2D eigenvalue weighted by molar-refractivity contribution is 0.670. The van der Waals surface area contributed by atoms with E-state index in [0.29, 0.717) is 0 Å². The van der Waals surface area contributed by atoms with Crippen LogP contribution in [0.2, 0.25) is 0 Å². The van der Waals surface area contributed by atoms with Gasteiger partial charge in [-0.25, -0.2) is 0 Å². The third-order valence-corrected chi connectivity index (χ3v) is 14.4. The first kappa shape index (κ1) is 38.4. The average Bonchev–Trinajstić information content (AvgIpc) is 4.05. The monoisotopic (exact) mass is 866 g/mol. The summed E-state index contributed by atoms with van der Waals surface area (Å²) in [6, 6.07) is 93.2. The van der Waals surface area contributed by atoms with Crippen molar-refractivity contribution in [3.8, 4) is 27.9 Å². The summed E-state index contributed by atoms with van der Waals surface area (Å²) in [5.74, 6) is 0. The maximum atomic E-state index is 6.94. The molecule has 3 heteroatoms. The Bertz CT molecular complexity index is 4010. The second kappa shape index (κ2) is 15.1. The second-order valence-corrected chi connectivity index (χ2v) is 18.0. The molecule has 0 radical (unpaired) electrons. The van der Waals surface area contributed by atoms with E-state index in [2.05, 4.69) is 264 Å². The van der Waals surface area contributed by atoms with Crippen LogP contribution in [0.4, 0.5) is 17.1 Å². The van der Waals surface area contributed by atoms with Gasteiger partial charge in [-0.05, 0) is 105 Å². The summed E-state index contributed by atoms with van der Waals surface area (Å²) in [6.07, 6.45) is 0. The second-order valence-electron chi connectivity index (χ2n) is 18.0. The number of furan rings is 1. The molecule has 0 saturated heterocycles. The maximum Gasteiger partial charge on any atom is 0.143 e. The van der Waals surface area contributed by atoms with Crippen molar-refractivity contribution in [3.05, 3.63) is 277 Å². The van der Waals surface area contributed by atoms with E-state index in [9.17, 15) is 0 Å². The molecule has 1 aliphatic carbocycles. The van der Waals surface area contributed by atoms with E-state index in [1.807, 2.05) is 0 Å². The summed E-state index contributed by atoms with van der Waals surface area (Å²) >= 11 is 0. The van der Waals surface area contributed by atoms with Gasteiger partial charge in [0.25, 0.3) is 0 Å². The summed E-state index contributed by atoms with van der Waals surface area (Å²) in [6.45, 7) is 0. The molecular weight excluding hydrogens is 825 g/mol. The van der Waals surface area contributed by atoms with E-state index in [0.717, 1.165) is 61.2 Å². The van der Waals surface area contributed by atoms with Gasteiger partial charge in [-0.3, -0.25) is 0 Å². The van der Waals surface area contributed by atoms with Crippen molar-refractivity contribution in [2.75, 3.05) is 4.90 Å². The van der Waals surface area contributed by atoms with Crippen molar-refractivity contribution in [2.45, 2.75) is 5.41 Å². The first-order valence-electron chi connectivity index (χ1n) is 23.4. The number of rotatable bonds is 7. The SMILES string of the molecule is c1ccc(C2(c3ccccc3)c3ccccc3-c3ccc(N(c4cccc(-n5c6ccccc6c6ccccc65)c4)c4ccccc4-c4cccc5c4oc4cc6ccccc6cc45)cc32)cc1. The molecule has 0 fully saturated rings. The van der Waals surface area contributed by atoms with Gasteiger partial charge < -0.3 is 13.9 Å². The van der Waals surface area contributed by atoms with Gasteiger partial charge in [-0.2, -0.15) is 0 Å². The van der Waals surface area contributed by atoms with Crippen molar-refractivity contribution in [1.82, 2.24) is 4.57 Å². The molecule has 13 aromatic rings. The highest BCUT2D eigenvalue weighted by molar-refractivity contribution is 6.14. The molecule has 2 aromatic heterocycles. The molecule has 0 atom stereocenters. The van der Waals surface area contributed by atoms with E-state index in [-0.39, 0.29) is 0 Å². The summed E-state index contributed by atoms with van der Waals surface area (Å²) in [4.78, 5) is 2.46. The summed E-state index contributed by atoms with van der Waals surface area (Å²) in [7, 11) is 0. The highest BCUT2D eigenvalue weighted by Gasteiger charge is 2.46. The fourth-order valence-corrected chi connectivity index (χ4v) is 11.6. The van der Waals surface area contributed by atoms with Gasteiger partial charge in [0.2, 0.25) is 0 Å². The summed E-state index contributed by atoms with van der Waals surface area (Å²) in [5.41, 5.74) is 17.4. The Morgan fingerprint density at radius 2 is 0.912 bits per heavy atom. The number of para-hydroxylation sites is 4. The normalized spacial score (nSPS) is 12.8. The fourth-order valence-electron chi connectivity index (χ4n) is 11.6. The Morgan fingerprint density at radius 1 is 0.353 bits per heavy atom. The van der Waals surface area contributed by atoms with Gasteiger partial charge in [0.15, 0.2) is 0 Å². The van der Waals surface area contributed by atoms with E-state index in [1.165, 1.54) is 60.6 Å². The van der Waals surface area contributed by atoms with Crippen LogP contribution in [-0.2, 0) is 5.41 Å². The number of hydrogen-bond donors (Lipinski definition) is 0. The van der Waals surface area contributed by atoms with Gasteiger partial charge in [0.1, 0.15) is 11.2 Å². The Balaban J connectivity index is 1.05. The van der Waals surface area contributed by atoms with Crippen LogP contribution in [0, 0.1) is 0 Å². The van der Waals surface area contributed by atoms with E-state index in [4.69, 9.17) is 4.42 Å². The highest BCUT2D eigenvalue weighted by atomic mass is 16.3. The van der Waals surface area contributed by atoms with Crippen molar-refractivity contribution < 1.29 is 4.42 Å². The summed E-state index contributed by atoms with van der Waals surface area (Å²) in [5, 5.41) is 7.05. The molecule has 14 rings (SSSR count). The van der Waals surface area contributed by atoms with Crippen LogP contribution in [0.5, 0.6) is 0 Å². The Hall–Kier alpha value is -8.92. The lowest BCUT2D eigenvalue weighted by Gasteiger charge is -2.35. The summed E-state index contributed by atoms with van der Waals surface area (Å²) < 4.78 is 9.35. The maximum absolute atomic E-state index is 6.94. The number of fused-ring (bicyclic) bond motifs is 10. The largest absolute Gasteiger partial charge is 0.455 e. The van der Waals surface area contributed by atoms with Gasteiger partial charge in [0, 0.05) is 49.7 Å². The van der Waals surface area contributed by atoms with Crippen LogP contribution in [-0.4, -0.2) is 4.57 Å². The first-order valence-corrected chi connectivity index (χ1v) is 23.4. The molecule has 0 saturated carbocycles. The van der Waals surface area contributed by atoms with Crippen LogP contribution in [0.15, 0.2) is 259 Å². The number of hydrogen-bond acceptors (Lipinski definition) is 2. The number of anilines is 3. The van der Waals surface area contributed by atoms with Gasteiger partial charge in [0.05, 0.1) is 22.1 Å². The smallest absolute Gasteiger partial charge is 0.143 e. The van der Waals surface area contributed by atoms with Crippen LogP contribution < -0.4 is 4.90 Å². The van der Waals surface area contributed by atoms with E-state index in [1.54, 1.807) is 0 Å². The van der Waals surface area contributed by atoms with E-state index >= 15 is 0 Å². The molecule has 0 spiro atoms. The zero-order valence-electron chi connectivity index (χ0n) is 37.1. The Labute approximate surface area is 394 Å². The third kappa shape index (κ3) is 5.60. The minimum atomic E-state index is -0.566. The predicted octanol–water partition coefficient (Wildman–Crippen LogP) is 17.3. The van der Waals surface area contributed by atoms with Gasteiger partial charge in [-0.15, -0.1) is 0 Å². The zero-order valence-corrected chi connectivity index (χ0v) is 37.1. The lowest BCUT2D eigenvalue weighted by Crippen LogP contribution is -2.28. The van der Waals surface area contributed by atoms with Crippen LogP contribution in [0.3, 0.4) is 0 Å². The quantitative estimate of drug-likeness (QED) is 0.159. The molecule has 0 bridgehead atoms. The Morgan fingerprint density at radius 3 is 1.66 bits per heavy atom. The minimum Gasteiger partial charge on any atom is -0.455 e. The van der Waals surface area contributed by atoms with Crippen molar-refractivity contribution in [2.24, 2.45) is 0 Å². The van der Waals surface area contributed by atoms with Gasteiger partial charge in [-0.1, -0.05) is 194 Å². The molecule has 3 nitrogen and oxygen atoms in total. The van der Waals surface area contributed by atoms with Crippen molar-refractivity contribution in [3.63, 3.8) is 0 Å². The lowest BCUT2D eigenvalue weighted by atomic mass is 9.67.